The number of primary amides is 1. The minimum absolute atomic E-state index is 0.0938. The van der Waals surface area contributed by atoms with Crippen LogP contribution in [0.3, 0.4) is 0 Å². The zero-order valence-electron chi connectivity index (χ0n) is 6.83. The summed E-state index contributed by atoms with van der Waals surface area (Å²) >= 11 is 0. The van der Waals surface area contributed by atoms with Crippen LogP contribution in [0.5, 0.6) is 0 Å². The summed E-state index contributed by atoms with van der Waals surface area (Å²) in [5, 5.41) is 2.61. The van der Waals surface area contributed by atoms with Gasteiger partial charge in [-0.25, -0.2) is 0 Å². The minimum atomic E-state index is -0.515. The molecular weight excluding hydrogens is 168 g/mol. The van der Waals surface area contributed by atoms with Crippen molar-refractivity contribution in [2.45, 2.75) is 6.42 Å². The van der Waals surface area contributed by atoms with Crippen LogP contribution in [0.4, 0.5) is 5.69 Å². The van der Waals surface area contributed by atoms with Gasteiger partial charge >= 0.3 is 0 Å². The van der Waals surface area contributed by atoms with E-state index in [9.17, 15) is 9.59 Å². The minimum Gasteiger partial charge on any atom is -0.366 e. The number of carbonyl (C=O) groups excluding carboxylic acids is 2. The van der Waals surface area contributed by atoms with Gasteiger partial charge < -0.3 is 11.1 Å². The van der Waals surface area contributed by atoms with E-state index in [1.54, 1.807) is 18.2 Å². The van der Waals surface area contributed by atoms with E-state index in [0.29, 0.717) is 17.7 Å². The normalized spacial score (nSPS) is 13.7. The van der Waals surface area contributed by atoms with Gasteiger partial charge in [-0.05, 0) is 11.6 Å². The second-order valence-electron chi connectivity index (χ2n) is 2.93. The molecule has 0 radical (unpaired) electrons. The molecule has 1 aromatic rings. The molecule has 0 fully saturated rings. The van der Waals surface area contributed by atoms with Gasteiger partial charge in [-0.15, -0.1) is 0 Å². The van der Waals surface area contributed by atoms with E-state index in [2.05, 4.69) is 5.32 Å². The molecule has 0 spiro atoms. The Kier molecular flexibility index (Phi) is 1.55. The molecule has 2 amide bonds. The summed E-state index contributed by atoms with van der Waals surface area (Å²) in [6.07, 6.45) is 0.330. The first kappa shape index (κ1) is 7.79. The average molecular weight is 176 g/mol. The lowest BCUT2D eigenvalue weighted by Crippen LogP contribution is -2.14. The zero-order valence-corrected chi connectivity index (χ0v) is 6.83. The van der Waals surface area contributed by atoms with Gasteiger partial charge in [0.2, 0.25) is 5.91 Å². The monoisotopic (exact) mass is 176 g/mol. The molecule has 0 saturated heterocycles. The standard InChI is InChI=1S/C9H8N2O2/c10-9(13)6-3-1-2-5-4-7(12)11-8(5)6/h1-3H,4H2,(H2,10,13)(H,11,12). The van der Waals surface area contributed by atoms with Crippen LogP contribution in [0.2, 0.25) is 0 Å². The Labute approximate surface area is 74.7 Å². The molecular formula is C9H8N2O2. The summed E-state index contributed by atoms with van der Waals surface area (Å²) < 4.78 is 0. The lowest BCUT2D eigenvalue weighted by Gasteiger charge is -2.02. The van der Waals surface area contributed by atoms with Crippen molar-refractivity contribution in [3.05, 3.63) is 29.3 Å². The van der Waals surface area contributed by atoms with Gasteiger partial charge in [0.05, 0.1) is 17.7 Å². The first-order valence-corrected chi connectivity index (χ1v) is 3.90. The Morgan fingerprint density at radius 2 is 2.23 bits per heavy atom. The summed E-state index contributed by atoms with van der Waals surface area (Å²) in [4.78, 5) is 21.9. The van der Waals surface area contributed by atoms with Gasteiger partial charge in [0.15, 0.2) is 0 Å². The summed E-state index contributed by atoms with van der Waals surface area (Å²) in [5.41, 5.74) is 6.92. The Balaban J connectivity index is 2.57. The molecule has 1 aliphatic heterocycles. The maximum Gasteiger partial charge on any atom is 0.250 e. The molecule has 66 valence electrons. The van der Waals surface area contributed by atoms with E-state index in [-0.39, 0.29) is 5.91 Å². The van der Waals surface area contributed by atoms with Crippen LogP contribution in [-0.4, -0.2) is 11.8 Å². The molecule has 13 heavy (non-hydrogen) atoms. The molecule has 4 nitrogen and oxygen atoms in total. The summed E-state index contributed by atoms with van der Waals surface area (Å²) in [6, 6.07) is 5.13. The summed E-state index contributed by atoms with van der Waals surface area (Å²) in [7, 11) is 0. The quantitative estimate of drug-likeness (QED) is 0.645. The van der Waals surface area contributed by atoms with Gasteiger partial charge in [0.1, 0.15) is 0 Å². The van der Waals surface area contributed by atoms with Gasteiger partial charge in [-0.1, -0.05) is 12.1 Å². The Morgan fingerprint density at radius 1 is 1.46 bits per heavy atom. The molecule has 0 aromatic heterocycles. The van der Waals surface area contributed by atoms with Crippen molar-refractivity contribution in [1.82, 2.24) is 0 Å². The van der Waals surface area contributed by atoms with Crippen LogP contribution in [0.1, 0.15) is 15.9 Å². The van der Waals surface area contributed by atoms with E-state index in [1.807, 2.05) is 0 Å². The van der Waals surface area contributed by atoms with E-state index < -0.39 is 5.91 Å². The highest BCUT2D eigenvalue weighted by molar-refractivity contribution is 6.08. The molecule has 0 bridgehead atoms. The molecule has 1 aromatic carbocycles. The van der Waals surface area contributed by atoms with E-state index >= 15 is 0 Å². The molecule has 0 atom stereocenters. The largest absolute Gasteiger partial charge is 0.366 e. The topological polar surface area (TPSA) is 72.2 Å². The molecule has 4 heteroatoms. The summed E-state index contributed by atoms with van der Waals surface area (Å²) in [6.45, 7) is 0. The number of anilines is 1. The van der Waals surface area contributed by atoms with E-state index in [0.717, 1.165) is 5.56 Å². The van der Waals surface area contributed by atoms with Crippen LogP contribution in [0.25, 0.3) is 0 Å². The SMILES string of the molecule is NC(=O)c1cccc2c1NC(=O)C2. The Hall–Kier alpha value is -1.84. The highest BCUT2D eigenvalue weighted by Crippen LogP contribution is 2.26. The fourth-order valence-electron chi connectivity index (χ4n) is 1.46. The molecule has 0 aliphatic carbocycles. The smallest absolute Gasteiger partial charge is 0.250 e. The fourth-order valence-corrected chi connectivity index (χ4v) is 1.46. The number of nitrogens with one attached hydrogen (secondary N) is 1. The Morgan fingerprint density at radius 3 is 2.92 bits per heavy atom. The maximum atomic E-state index is 11.0. The first-order chi connectivity index (χ1) is 6.18. The van der Waals surface area contributed by atoms with Gasteiger partial charge in [-0.3, -0.25) is 9.59 Å². The van der Waals surface area contributed by atoms with Crippen molar-refractivity contribution in [1.29, 1.82) is 0 Å². The third-order valence-electron chi connectivity index (χ3n) is 2.03. The highest BCUT2D eigenvalue weighted by Gasteiger charge is 2.21. The number of fused-ring (bicyclic) bond motifs is 1. The third-order valence-corrected chi connectivity index (χ3v) is 2.03. The van der Waals surface area contributed by atoms with Crippen molar-refractivity contribution >= 4 is 17.5 Å². The molecule has 3 N–H and O–H groups in total. The van der Waals surface area contributed by atoms with Gasteiger partial charge in [0, 0.05) is 0 Å². The lowest BCUT2D eigenvalue weighted by atomic mass is 10.1. The predicted octanol–water partition coefficient (Wildman–Crippen LogP) is 0.280. The van der Waals surface area contributed by atoms with Crippen molar-refractivity contribution in [3.8, 4) is 0 Å². The van der Waals surface area contributed by atoms with Gasteiger partial charge in [0.25, 0.3) is 5.91 Å². The molecule has 0 unspecified atom stereocenters. The zero-order chi connectivity index (χ0) is 9.42. The predicted molar refractivity (Wildman–Crippen MR) is 47.3 cm³/mol. The van der Waals surface area contributed by atoms with E-state index in [4.69, 9.17) is 5.73 Å². The molecule has 0 saturated carbocycles. The second kappa shape index (κ2) is 2.58. The maximum absolute atomic E-state index is 11.0. The molecule has 2 rings (SSSR count). The highest BCUT2D eigenvalue weighted by atomic mass is 16.2. The number of benzene rings is 1. The summed E-state index contributed by atoms with van der Waals surface area (Å²) in [5.74, 6) is -0.609. The number of para-hydroxylation sites is 1. The first-order valence-electron chi connectivity index (χ1n) is 3.90. The van der Waals surface area contributed by atoms with Gasteiger partial charge in [-0.2, -0.15) is 0 Å². The number of amides is 2. The lowest BCUT2D eigenvalue weighted by molar-refractivity contribution is -0.115. The van der Waals surface area contributed by atoms with Crippen molar-refractivity contribution < 1.29 is 9.59 Å². The number of hydrogen-bond acceptors (Lipinski definition) is 2. The van der Waals surface area contributed by atoms with Crippen LogP contribution >= 0.6 is 0 Å². The van der Waals surface area contributed by atoms with Crippen LogP contribution in [0, 0.1) is 0 Å². The van der Waals surface area contributed by atoms with Crippen LogP contribution in [-0.2, 0) is 11.2 Å². The number of carbonyl (C=O) groups is 2. The number of nitrogens with two attached hydrogens (primary N) is 1. The average Bonchev–Trinajstić information content (AvgIpc) is 2.43. The Bertz CT molecular complexity index is 399. The second-order valence-corrected chi connectivity index (χ2v) is 2.93. The fraction of sp³-hybridized carbons (Fsp3) is 0.111. The van der Waals surface area contributed by atoms with Crippen molar-refractivity contribution in [2.75, 3.05) is 5.32 Å². The van der Waals surface area contributed by atoms with Crippen LogP contribution < -0.4 is 11.1 Å². The number of hydrogen-bond donors (Lipinski definition) is 2. The van der Waals surface area contributed by atoms with Crippen molar-refractivity contribution in [3.63, 3.8) is 0 Å². The molecule has 1 heterocycles. The van der Waals surface area contributed by atoms with E-state index in [1.165, 1.54) is 0 Å². The number of rotatable bonds is 1. The molecule has 1 aliphatic rings. The third kappa shape index (κ3) is 1.16. The van der Waals surface area contributed by atoms with Crippen molar-refractivity contribution in [2.24, 2.45) is 5.73 Å². The van der Waals surface area contributed by atoms with Crippen LogP contribution in [0.15, 0.2) is 18.2 Å².